The van der Waals surface area contributed by atoms with Gasteiger partial charge in [0.15, 0.2) is 11.7 Å². The first-order valence-electron chi connectivity index (χ1n) is 8.55. The van der Waals surface area contributed by atoms with E-state index in [1.165, 1.54) is 16.9 Å². The summed E-state index contributed by atoms with van der Waals surface area (Å²) in [5.74, 6) is 0.0174. The Hall–Kier alpha value is -2.71. The van der Waals surface area contributed by atoms with Gasteiger partial charge in [-0.05, 0) is 37.0 Å². The lowest BCUT2D eigenvalue weighted by molar-refractivity contribution is -0.418. The van der Waals surface area contributed by atoms with E-state index in [4.69, 9.17) is 0 Å². The maximum absolute atomic E-state index is 14.4. The van der Waals surface area contributed by atoms with Crippen LogP contribution in [0.1, 0.15) is 30.9 Å². The molecule has 0 aromatic heterocycles. The highest BCUT2D eigenvalue weighted by molar-refractivity contribution is 6.04. The Kier molecular flexibility index (Phi) is 4.05. The van der Waals surface area contributed by atoms with E-state index in [-0.39, 0.29) is 17.4 Å². The van der Waals surface area contributed by atoms with Crippen molar-refractivity contribution in [1.29, 1.82) is 0 Å². The van der Waals surface area contributed by atoms with E-state index in [0.29, 0.717) is 17.8 Å². The first-order chi connectivity index (χ1) is 12.7. The van der Waals surface area contributed by atoms with Gasteiger partial charge in [0.25, 0.3) is 0 Å². The number of hydrogen-bond donors (Lipinski definition) is 2. The molecule has 1 atom stereocenters. The van der Waals surface area contributed by atoms with Gasteiger partial charge in [-0.2, -0.15) is 18.6 Å². The van der Waals surface area contributed by atoms with E-state index in [9.17, 15) is 22.7 Å². The molecule has 1 unspecified atom stereocenters. The maximum Gasteiger partial charge on any atom is 0.416 e. The number of nitrogens with zero attached hydrogens (tertiary/aromatic N) is 3. The highest BCUT2D eigenvalue weighted by Gasteiger charge is 2.43. The second kappa shape index (κ2) is 6.17. The van der Waals surface area contributed by atoms with Gasteiger partial charge >= 0.3 is 12.0 Å². The van der Waals surface area contributed by atoms with Crippen molar-refractivity contribution in [2.24, 2.45) is 16.0 Å². The lowest BCUT2D eigenvalue weighted by atomic mass is 9.82. The number of phenols is 1. The fourth-order valence-corrected chi connectivity index (χ4v) is 3.50. The molecule has 0 radical (unpaired) electrons. The van der Waals surface area contributed by atoms with Crippen molar-refractivity contribution in [3.63, 3.8) is 0 Å². The molecule has 0 bridgehead atoms. The molecule has 1 aliphatic carbocycles. The summed E-state index contributed by atoms with van der Waals surface area (Å²) in [7, 11) is 0. The molecule has 2 N–H and O–H groups in total. The van der Waals surface area contributed by atoms with E-state index in [2.05, 4.69) is 22.4 Å². The lowest BCUT2D eigenvalue weighted by Crippen LogP contribution is -2.48. The summed E-state index contributed by atoms with van der Waals surface area (Å²) in [4.78, 5) is 4.53. The molecule has 1 aromatic rings. The number of fused-ring (bicyclic) bond motifs is 1. The molecule has 4 rings (SSSR count). The van der Waals surface area contributed by atoms with Gasteiger partial charge in [-0.3, -0.25) is 4.99 Å². The van der Waals surface area contributed by atoms with Gasteiger partial charge in [0.05, 0.1) is 22.9 Å². The summed E-state index contributed by atoms with van der Waals surface area (Å²) in [5.41, 5.74) is 1.81. The first-order valence-corrected chi connectivity index (χ1v) is 8.55. The molecular formula is C18H17F4N4O+. The molecule has 0 saturated heterocycles. The van der Waals surface area contributed by atoms with Crippen LogP contribution in [0.2, 0.25) is 0 Å². The van der Waals surface area contributed by atoms with Crippen LogP contribution in [0, 0.1) is 5.92 Å². The summed E-state index contributed by atoms with van der Waals surface area (Å²) < 4.78 is 54.2. The second-order valence-corrected chi connectivity index (χ2v) is 7.03. The number of hydrazone groups is 1. The second-order valence-electron chi connectivity index (χ2n) is 7.03. The van der Waals surface area contributed by atoms with Gasteiger partial charge in [-0.15, -0.1) is 0 Å². The van der Waals surface area contributed by atoms with Crippen LogP contribution in [0.25, 0.3) is 0 Å². The van der Waals surface area contributed by atoms with Crippen molar-refractivity contribution in [2.45, 2.75) is 38.0 Å². The zero-order chi connectivity index (χ0) is 19.3. The zero-order valence-corrected chi connectivity index (χ0v) is 14.3. The minimum atomic E-state index is -4.57. The van der Waals surface area contributed by atoms with E-state index >= 15 is 0 Å². The van der Waals surface area contributed by atoms with Gasteiger partial charge in [0.1, 0.15) is 11.3 Å². The number of halogens is 4. The predicted molar refractivity (Wildman–Crippen MR) is 91.7 cm³/mol. The molecule has 142 valence electrons. The quantitative estimate of drug-likeness (QED) is 0.611. The van der Waals surface area contributed by atoms with Crippen LogP contribution in [-0.4, -0.2) is 39.7 Å². The van der Waals surface area contributed by atoms with Gasteiger partial charge in [0, 0.05) is 6.08 Å². The standard InChI is InChI=1S/C18H16F4N4O/c1-9-6-11(7-9)23-16-15-13(19)4-5-26(15)17(25-24-16)12-3-2-10(8-14(12)27)18(20,21)22/h2-5,8-9,11,15H,6-7H2,1H3,(H-,23,24,25,27)/p+1. The summed E-state index contributed by atoms with van der Waals surface area (Å²) in [5, 5.41) is 14.2. The molecule has 0 amide bonds. The number of hydrogen-bond acceptors (Lipinski definition) is 3. The minimum absolute atomic E-state index is 0.0659. The molecule has 9 heteroatoms. The number of aliphatic imine (C=N–C) groups is 1. The smallest absolute Gasteiger partial charge is 0.416 e. The van der Waals surface area contributed by atoms with Gasteiger partial charge in [0.2, 0.25) is 6.04 Å². The molecule has 27 heavy (non-hydrogen) atoms. The van der Waals surface area contributed by atoms with Crippen LogP contribution in [0.15, 0.2) is 40.2 Å². The Morgan fingerprint density at radius 1 is 1.30 bits per heavy atom. The summed E-state index contributed by atoms with van der Waals surface area (Å²) in [6.07, 6.45) is -0.0340. The molecular weight excluding hydrogens is 364 g/mol. The molecule has 1 fully saturated rings. The predicted octanol–water partition coefficient (Wildman–Crippen LogP) is 3.19. The van der Waals surface area contributed by atoms with E-state index in [1.54, 1.807) is 0 Å². The molecule has 3 aliphatic rings. The van der Waals surface area contributed by atoms with E-state index < -0.39 is 29.4 Å². The largest absolute Gasteiger partial charge is 0.507 e. The Labute approximate surface area is 152 Å². The van der Waals surface area contributed by atoms with Crippen LogP contribution in [-0.2, 0) is 6.18 Å². The number of rotatable bonds is 2. The average molecular weight is 381 g/mol. The van der Waals surface area contributed by atoms with Crippen LogP contribution >= 0.6 is 0 Å². The number of allylic oxidation sites excluding steroid dienone is 1. The number of amidine groups is 2. The fourth-order valence-electron chi connectivity index (χ4n) is 3.50. The third-order valence-corrected chi connectivity index (χ3v) is 4.95. The molecule has 5 nitrogen and oxygen atoms in total. The lowest BCUT2D eigenvalue weighted by Gasteiger charge is -2.30. The summed E-state index contributed by atoms with van der Waals surface area (Å²) >= 11 is 0. The molecule has 2 heterocycles. The van der Waals surface area contributed by atoms with E-state index in [1.807, 2.05) is 0 Å². The van der Waals surface area contributed by atoms with Gasteiger partial charge in [-0.1, -0.05) is 6.92 Å². The summed E-state index contributed by atoms with van der Waals surface area (Å²) in [6, 6.07) is 1.86. The zero-order valence-electron chi connectivity index (χ0n) is 14.3. The Balaban J connectivity index is 1.68. The van der Waals surface area contributed by atoms with Crippen LogP contribution in [0.5, 0.6) is 5.75 Å². The van der Waals surface area contributed by atoms with Crippen LogP contribution in [0.4, 0.5) is 17.6 Å². The Bertz CT molecular complexity index is 910. The van der Waals surface area contributed by atoms with Gasteiger partial charge < -0.3 is 5.11 Å². The van der Waals surface area contributed by atoms with E-state index in [0.717, 1.165) is 25.0 Å². The number of phenolic OH excluding ortho intramolecular Hbond substituents is 1. The third kappa shape index (κ3) is 3.11. The Morgan fingerprint density at radius 2 is 2.04 bits per heavy atom. The van der Waals surface area contributed by atoms with Crippen molar-refractivity contribution in [2.75, 3.05) is 0 Å². The minimum Gasteiger partial charge on any atom is -0.507 e. The maximum atomic E-state index is 14.4. The van der Waals surface area contributed by atoms with Crippen molar-refractivity contribution in [1.82, 2.24) is 5.43 Å². The van der Waals surface area contributed by atoms with Crippen molar-refractivity contribution < 1.29 is 27.2 Å². The molecule has 1 saturated carbocycles. The third-order valence-electron chi connectivity index (χ3n) is 4.95. The van der Waals surface area contributed by atoms with Crippen molar-refractivity contribution >= 4 is 17.9 Å². The van der Waals surface area contributed by atoms with Crippen molar-refractivity contribution in [3.8, 4) is 5.75 Å². The van der Waals surface area contributed by atoms with Crippen LogP contribution in [0.3, 0.4) is 0 Å². The summed E-state index contributed by atoms with van der Waals surface area (Å²) in [6.45, 7) is 2.12. The fraction of sp³-hybridized carbons (Fsp3) is 0.389. The monoisotopic (exact) mass is 381 g/mol. The van der Waals surface area contributed by atoms with Crippen molar-refractivity contribution in [3.05, 3.63) is 41.2 Å². The normalized spacial score (nSPS) is 28.7. The highest BCUT2D eigenvalue weighted by Crippen LogP contribution is 2.34. The molecule has 0 spiro atoms. The highest BCUT2D eigenvalue weighted by atomic mass is 19.4. The SMILES string of the molecule is CC1CC(N=C2NN=C(c3ccc(C(F)(F)F)cc3O)[N+]3=CC=C(F)C23)C1. The molecule has 1 aromatic carbocycles. The first kappa shape index (κ1) is 17.7. The van der Waals surface area contributed by atoms with Gasteiger partial charge in [-0.25, -0.2) is 8.97 Å². The Morgan fingerprint density at radius 3 is 2.67 bits per heavy atom. The molecule has 2 aliphatic heterocycles. The number of aromatic hydroxyl groups is 1. The topological polar surface area (TPSA) is 60.0 Å². The number of alkyl halides is 3. The van der Waals surface area contributed by atoms with Crippen LogP contribution < -0.4 is 5.43 Å². The average Bonchev–Trinajstić information content (AvgIpc) is 2.96. The number of nitrogens with one attached hydrogen (secondary N) is 1. The number of benzene rings is 1.